The van der Waals surface area contributed by atoms with Crippen molar-refractivity contribution in [1.82, 2.24) is 0 Å². The van der Waals surface area contributed by atoms with Gasteiger partial charge in [0, 0.05) is 11.7 Å². The Kier molecular flexibility index (Phi) is 4.39. The molecule has 0 aliphatic carbocycles. The van der Waals surface area contributed by atoms with Crippen molar-refractivity contribution in [1.29, 1.82) is 0 Å². The normalized spacial score (nSPS) is 13.2. The van der Waals surface area contributed by atoms with E-state index < -0.39 is 10.0 Å². The number of nitrogens with two attached hydrogens (primary N) is 1. The van der Waals surface area contributed by atoms with Gasteiger partial charge >= 0.3 is 0 Å². The van der Waals surface area contributed by atoms with E-state index in [1.165, 1.54) is 0 Å². The molecular formula is C13H15ClN2O2S2. The highest BCUT2D eigenvalue weighted by molar-refractivity contribution is 7.94. The number of anilines is 1. The lowest BCUT2D eigenvalue weighted by Gasteiger charge is -2.09. The first-order valence-electron chi connectivity index (χ1n) is 5.94. The molecule has 0 aliphatic heterocycles. The maximum absolute atomic E-state index is 12.2. The monoisotopic (exact) mass is 330 g/mol. The van der Waals surface area contributed by atoms with Crippen LogP contribution in [0.3, 0.4) is 0 Å². The second-order valence-corrected chi connectivity index (χ2v) is 8.10. The molecular weight excluding hydrogens is 316 g/mol. The van der Waals surface area contributed by atoms with Gasteiger partial charge in [-0.05, 0) is 43.2 Å². The van der Waals surface area contributed by atoms with Gasteiger partial charge in [-0.25, -0.2) is 8.42 Å². The van der Waals surface area contributed by atoms with Crippen LogP contribution in [0.2, 0.25) is 4.34 Å². The van der Waals surface area contributed by atoms with Crippen molar-refractivity contribution < 1.29 is 8.42 Å². The second kappa shape index (κ2) is 5.73. The molecule has 0 aliphatic rings. The van der Waals surface area contributed by atoms with E-state index >= 15 is 0 Å². The largest absolute Gasteiger partial charge is 0.324 e. The number of hydrogen-bond donors (Lipinski definition) is 2. The van der Waals surface area contributed by atoms with Crippen LogP contribution in [-0.4, -0.2) is 8.42 Å². The van der Waals surface area contributed by atoms with E-state index in [2.05, 4.69) is 4.72 Å². The summed E-state index contributed by atoms with van der Waals surface area (Å²) in [5.41, 5.74) is 7.95. The molecule has 1 heterocycles. The summed E-state index contributed by atoms with van der Waals surface area (Å²) in [5, 5.41) is 0. The molecule has 0 saturated carbocycles. The number of aryl methyl sites for hydroxylation is 1. The lowest BCUT2D eigenvalue weighted by atomic mass is 10.1. The van der Waals surface area contributed by atoms with Crippen LogP contribution in [0.5, 0.6) is 0 Å². The topological polar surface area (TPSA) is 72.2 Å². The van der Waals surface area contributed by atoms with Gasteiger partial charge in [0.05, 0.1) is 4.34 Å². The molecule has 108 valence electrons. The molecule has 1 unspecified atom stereocenters. The third-order valence-electron chi connectivity index (χ3n) is 2.79. The second-order valence-electron chi connectivity index (χ2n) is 4.54. The zero-order chi connectivity index (χ0) is 14.9. The zero-order valence-electron chi connectivity index (χ0n) is 11.1. The van der Waals surface area contributed by atoms with Gasteiger partial charge in [-0.3, -0.25) is 4.72 Å². The molecule has 3 N–H and O–H groups in total. The summed E-state index contributed by atoms with van der Waals surface area (Å²) in [7, 11) is -3.60. The van der Waals surface area contributed by atoms with Crippen LogP contribution in [0.15, 0.2) is 34.5 Å². The van der Waals surface area contributed by atoms with E-state index in [0.717, 1.165) is 22.5 Å². The zero-order valence-corrected chi connectivity index (χ0v) is 13.4. The van der Waals surface area contributed by atoms with E-state index in [0.29, 0.717) is 10.0 Å². The Bertz CT molecular complexity index is 687. The van der Waals surface area contributed by atoms with Crippen molar-refractivity contribution in [2.75, 3.05) is 4.72 Å². The summed E-state index contributed by atoms with van der Waals surface area (Å²) >= 11 is 6.95. The van der Waals surface area contributed by atoms with E-state index in [1.54, 1.807) is 37.3 Å². The van der Waals surface area contributed by atoms with Crippen LogP contribution in [0.25, 0.3) is 0 Å². The Morgan fingerprint density at radius 2 is 1.90 bits per heavy atom. The number of nitrogens with one attached hydrogen (secondary N) is 1. The Morgan fingerprint density at radius 1 is 1.30 bits per heavy atom. The van der Waals surface area contributed by atoms with Gasteiger partial charge in [0.15, 0.2) is 0 Å². The first-order valence-corrected chi connectivity index (χ1v) is 8.61. The molecule has 4 nitrogen and oxygen atoms in total. The molecule has 7 heteroatoms. The lowest BCUT2D eigenvalue weighted by molar-refractivity contribution is 0.603. The molecule has 2 rings (SSSR count). The third kappa shape index (κ3) is 3.32. The number of thiophene rings is 1. The van der Waals surface area contributed by atoms with Gasteiger partial charge in [0.25, 0.3) is 10.0 Å². The third-order valence-corrected chi connectivity index (χ3v) is 6.20. The summed E-state index contributed by atoms with van der Waals surface area (Å²) in [6.07, 6.45) is 0. The molecule has 2 aromatic rings. The van der Waals surface area contributed by atoms with Crippen molar-refractivity contribution in [2.24, 2.45) is 5.73 Å². The fraction of sp³-hybridized carbons (Fsp3) is 0.231. The van der Waals surface area contributed by atoms with Crippen molar-refractivity contribution in [3.05, 3.63) is 45.8 Å². The molecule has 1 aromatic heterocycles. The minimum atomic E-state index is -3.60. The molecule has 0 amide bonds. The summed E-state index contributed by atoms with van der Waals surface area (Å²) < 4.78 is 27.6. The van der Waals surface area contributed by atoms with Crippen LogP contribution in [0, 0.1) is 6.92 Å². The van der Waals surface area contributed by atoms with Crippen molar-refractivity contribution in [3.63, 3.8) is 0 Å². The van der Waals surface area contributed by atoms with E-state index in [1.807, 2.05) is 6.92 Å². The summed E-state index contributed by atoms with van der Waals surface area (Å²) in [6.45, 7) is 3.64. The van der Waals surface area contributed by atoms with Crippen molar-refractivity contribution in [3.8, 4) is 0 Å². The quantitative estimate of drug-likeness (QED) is 0.900. The van der Waals surface area contributed by atoms with Gasteiger partial charge in [-0.2, -0.15) is 0 Å². The van der Waals surface area contributed by atoms with Crippen LogP contribution < -0.4 is 10.5 Å². The van der Waals surface area contributed by atoms with Crippen molar-refractivity contribution in [2.45, 2.75) is 24.1 Å². The minimum Gasteiger partial charge on any atom is -0.324 e. The fourth-order valence-electron chi connectivity index (χ4n) is 1.62. The molecule has 0 spiro atoms. The standard InChI is InChI=1S/C13H15ClN2O2S2/c1-8-7-12(19-13(8)14)20(17,18)16-11-5-3-10(4-6-11)9(2)15/h3-7,9,16H,15H2,1-2H3. The summed E-state index contributed by atoms with van der Waals surface area (Å²) in [6, 6.07) is 8.46. The number of hydrogen-bond acceptors (Lipinski definition) is 4. The highest BCUT2D eigenvalue weighted by Crippen LogP contribution is 2.31. The SMILES string of the molecule is Cc1cc(S(=O)(=O)Nc2ccc(C(C)N)cc2)sc1Cl. The first kappa shape index (κ1) is 15.3. The van der Waals surface area contributed by atoms with Crippen LogP contribution >= 0.6 is 22.9 Å². The first-order chi connectivity index (χ1) is 9.29. The number of sulfonamides is 1. The molecule has 0 saturated heterocycles. The average Bonchev–Trinajstić information content (AvgIpc) is 2.71. The average molecular weight is 331 g/mol. The van der Waals surface area contributed by atoms with E-state index in [-0.39, 0.29) is 10.3 Å². The van der Waals surface area contributed by atoms with Gasteiger partial charge in [-0.15, -0.1) is 11.3 Å². The lowest BCUT2D eigenvalue weighted by Crippen LogP contribution is -2.11. The number of benzene rings is 1. The van der Waals surface area contributed by atoms with Gasteiger partial charge in [0.1, 0.15) is 4.21 Å². The molecule has 20 heavy (non-hydrogen) atoms. The van der Waals surface area contributed by atoms with Gasteiger partial charge < -0.3 is 5.73 Å². The molecule has 0 bridgehead atoms. The Hall–Kier alpha value is -1.08. The Morgan fingerprint density at radius 3 is 2.35 bits per heavy atom. The van der Waals surface area contributed by atoms with Gasteiger partial charge in [0.2, 0.25) is 0 Å². The molecule has 1 atom stereocenters. The maximum atomic E-state index is 12.2. The fourth-order valence-corrected chi connectivity index (χ4v) is 4.39. The summed E-state index contributed by atoms with van der Waals surface area (Å²) in [4.78, 5) is 0. The van der Waals surface area contributed by atoms with Crippen LogP contribution in [0.1, 0.15) is 24.1 Å². The van der Waals surface area contributed by atoms with Crippen LogP contribution in [0.4, 0.5) is 5.69 Å². The van der Waals surface area contributed by atoms with Crippen LogP contribution in [-0.2, 0) is 10.0 Å². The van der Waals surface area contributed by atoms with E-state index in [4.69, 9.17) is 17.3 Å². The highest BCUT2D eigenvalue weighted by Gasteiger charge is 2.18. The molecule has 1 aromatic carbocycles. The smallest absolute Gasteiger partial charge is 0.271 e. The van der Waals surface area contributed by atoms with Gasteiger partial charge in [-0.1, -0.05) is 23.7 Å². The number of halogens is 1. The molecule has 0 fully saturated rings. The Labute approximate surface area is 127 Å². The minimum absolute atomic E-state index is 0.0839. The highest BCUT2D eigenvalue weighted by atomic mass is 35.5. The Balaban J connectivity index is 2.24. The van der Waals surface area contributed by atoms with E-state index in [9.17, 15) is 8.42 Å². The predicted molar refractivity (Wildman–Crippen MR) is 83.9 cm³/mol. The summed E-state index contributed by atoms with van der Waals surface area (Å²) in [5.74, 6) is 0. The van der Waals surface area contributed by atoms with Crippen molar-refractivity contribution >= 4 is 38.6 Å². The molecule has 0 radical (unpaired) electrons. The predicted octanol–water partition coefficient (Wildman–Crippen LogP) is 3.53. The number of rotatable bonds is 4. The maximum Gasteiger partial charge on any atom is 0.271 e.